The topological polar surface area (TPSA) is 59.4 Å². The molecule has 0 spiro atoms. The number of aromatic nitrogens is 1. The highest BCUT2D eigenvalue weighted by atomic mass is 32.1. The zero-order valence-electron chi connectivity index (χ0n) is 12.5. The molecule has 0 saturated carbocycles. The number of carboxylic acids is 1. The van der Waals surface area contributed by atoms with Gasteiger partial charge in [0.15, 0.2) is 0 Å². The lowest BCUT2D eigenvalue weighted by Gasteiger charge is -2.10. The molecule has 4 nitrogen and oxygen atoms in total. The summed E-state index contributed by atoms with van der Waals surface area (Å²) in [4.78, 5) is 15.6. The molecular weight excluding hydrogens is 310 g/mol. The van der Waals surface area contributed by atoms with Crippen molar-refractivity contribution in [1.29, 1.82) is 0 Å². The maximum absolute atomic E-state index is 11.1. The molecule has 23 heavy (non-hydrogen) atoms. The third-order valence-corrected chi connectivity index (χ3v) is 4.48. The van der Waals surface area contributed by atoms with Crippen LogP contribution < -0.4 is 4.74 Å². The minimum Gasteiger partial charge on any atom is -0.486 e. The monoisotopic (exact) mass is 325 g/mol. The highest BCUT2D eigenvalue weighted by Gasteiger charge is 2.14. The van der Waals surface area contributed by atoms with Gasteiger partial charge in [0, 0.05) is 5.56 Å². The van der Waals surface area contributed by atoms with Crippen molar-refractivity contribution in [2.45, 2.75) is 13.5 Å². The Hall–Kier alpha value is -2.66. The van der Waals surface area contributed by atoms with E-state index in [2.05, 4.69) is 4.98 Å². The van der Waals surface area contributed by atoms with Gasteiger partial charge < -0.3 is 9.84 Å². The number of rotatable bonds is 5. The predicted molar refractivity (Wildman–Crippen MR) is 90.0 cm³/mol. The van der Waals surface area contributed by atoms with Gasteiger partial charge in [-0.15, -0.1) is 11.3 Å². The second-order valence-corrected chi connectivity index (χ2v) is 6.06. The average Bonchev–Trinajstić information content (AvgIpc) is 2.95. The summed E-state index contributed by atoms with van der Waals surface area (Å²) >= 11 is 1.15. The van der Waals surface area contributed by atoms with Gasteiger partial charge >= 0.3 is 5.97 Å². The summed E-state index contributed by atoms with van der Waals surface area (Å²) in [6.45, 7) is 1.95. The maximum Gasteiger partial charge on any atom is 0.347 e. The standard InChI is InChI=1S/C18H15NO3S/c1-12-17(18(20)21)23-16(19-12)11-22-15-10-6-5-9-14(15)13-7-3-2-4-8-13/h2-10H,11H2,1H3,(H,20,21). The first kappa shape index (κ1) is 15.2. The second kappa shape index (κ2) is 6.62. The smallest absolute Gasteiger partial charge is 0.347 e. The van der Waals surface area contributed by atoms with Crippen molar-refractivity contribution >= 4 is 17.3 Å². The summed E-state index contributed by atoms with van der Waals surface area (Å²) in [6.07, 6.45) is 0. The molecular formula is C18H15NO3S. The van der Waals surface area contributed by atoms with Gasteiger partial charge in [-0.2, -0.15) is 0 Å². The van der Waals surface area contributed by atoms with Crippen molar-refractivity contribution in [3.8, 4) is 16.9 Å². The fraction of sp³-hybridized carbons (Fsp3) is 0.111. The van der Waals surface area contributed by atoms with E-state index in [1.807, 2.05) is 54.6 Å². The number of ether oxygens (including phenoxy) is 1. The summed E-state index contributed by atoms with van der Waals surface area (Å²) in [5, 5.41) is 9.74. The number of nitrogens with zero attached hydrogens (tertiary/aromatic N) is 1. The van der Waals surface area contributed by atoms with E-state index in [0.29, 0.717) is 10.7 Å². The van der Waals surface area contributed by atoms with Crippen LogP contribution in [0.3, 0.4) is 0 Å². The first-order valence-electron chi connectivity index (χ1n) is 7.12. The predicted octanol–water partition coefficient (Wildman–Crippen LogP) is 4.40. The molecule has 1 aromatic heterocycles. The highest BCUT2D eigenvalue weighted by molar-refractivity contribution is 7.13. The van der Waals surface area contributed by atoms with Crippen molar-refractivity contribution in [3.63, 3.8) is 0 Å². The van der Waals surface area contributed by atoms with E-state index >= 15 is 0 Å². The number of aryl methyl sites for hydroxylation is 1. The van der Waals surface area contributed by atoms with E-state index in [9.17, 15) is 4.79 Å². The Morgan fingerprint density at radius 2 is 1.83 bits per heavy atom. The summed E-state index contributed by atoms with van der Waals surface area (Å²) in [6, 6.07) is 17.8. The number of benzene rings is 2. The first-order chi connectivity index (χ1) is 11.1. The molecule has 1 N–H and O–H groups in total. The van der Waals surface area contributed by atoms with Crippen LogP contribution in [-0.2, 0) is 6.61 Å². The van der Waals surface area contributed by atoms with Crippen molar-refractivity contribution in [2.75, 3.05) is 0 Å². The maximum atomic E-state index is 11.1. The molecule has 116 valence electrons. The SMILES string of the molecule is Cc1nc(COc2ccccc2-c2ccccc2)sc1C(=O)O. The van der Waals surface area contributed by atoms with Crippen molar-refractivity contribution in [3.05, 3.63) is 70.2 Å². The molecule has 0 fully saturated rings. The van der Waals surface area contributed by atoms with Gasteiger partial charge in [-0.25, -0.2) is 9.78 Å². The van der Waals surface area contributed by atoms with Gasteiger partial charge in [0.2, 0.25) is 0 Å². The molecule has 0 bridgehead atoms. The molecule has 0 radical (unpaired) electrons. The van der Waals surface area contributed by atoms with E-state index in [1.165, 1.54) is 0 Å². The van der Waals surface area contributed by atoms with Crippen LogP contribution in [0.25, 0.3) is 11.1 Å². The van der Waals surface area contributed by atoms with Crippen LogP contribution in [0.5, 0.6) is 5.75 Å². The molecule has 0 aliphatic rings. The van der Waals surface area contributed by atoms with E-state index in [-0.39, 0.29) is 11.5 Å². The normalized spacial score (nSPS) is 10.5. The van der Waals surface area contributed by atoms with Crippen molar-refractivity contribution in [2.24, 2.45) is 0 Å². The minimum absolute atomic E-state index is 0.253. The number of carboxylic acid groups (broad SMARTS) is 1. The Bertz CT molecular complexity index is 827. The number of para-hydroxylation sites is 1. The van der Waals surface area contributed by atoms with Crippen LogP contribution >= 0.6 is 11.3 Å². The number of aromatic carboxylic acids is 1. The number of carbonyl (C=O) groups is 1. The summed E-state index contributed by atoms with van der Waals surface area (Å²) in [7, 11) is 0. The van der Waals surface area contributed by atoms with Crippen LogP contribution in [0.2, 0.25) is 0 Å². The Morgan fingerprint density at radius 3 is 2.52 bits per heavy atom. The lowest BCUT2D eigenvalue weighted by Crippen LogP contribution is -1.96. The van der Waals surface area contributed by atoms with Gasteiger partial charge in [-0.3, -0.25) is 0 Å². The van der Waals surface area contributed by atoms with Gasteiger partial charge in [0.25, 0.3) is 0 Å². The molecule has 0 aliphatic heterocycles. The zero-order valence-corrected chi connectivity index (χ0v) is 13.3. The van der Waals surface area contributed by atoms with Gasteiger partial charge in [0.1, 0.15) is 22.2 Å². The highest BCUT2D eigenvalue weighted by Crippen LogP contribution is 2.30. The number of hydrogen-bond acceptors (Lipinski definition) is 4. The number of hydrogen-bond donors (Lipinski definition) is 1. The lowest BCUT2D eigenvalue weighted by atomic mass is 10.1. The van der Waals surface area contributed by atoms with Crippen LogP contribution in [0.15, 0.2) is 54.6 Å². The average molecular weight is 325 g/mol. The summed E-state index contributed by atoms with van der Waals surface area (Å²) in [5.74, 6) is -0.195. The molecule has 3 aromatic rings. The molecule has 0 aliphatic carbocycles. The molecule has 1 heterocycles. The minimum atomic E-state index is -0.948. The van der Waals surface area contributed by atoms with Gasteiger partial charge in [-0.05, 0) is 18.6 Å². The second-order valence-electron chi connectivity index (χ2n) is 4.98. The van der Waals surface area contributed by atoms with Crippen molar-refractivity contribution in [1.82, 2.24) is 4.98 Å². The van der Waals surface area contributed by atoms with Crippen LogP contribution in [0.4, 0.5) is 0 Å². The quantitative estimate of drug-likeness (QED) is 0.755. The fourth-order valence-electron chi connectivity index (χ4n) is 2.30. The van der Waals surface area contributed by atoms with Crippen LogP contribution in [0, 0.1) is 6.92 Å². The first-order valence-corrected chi connectivity index (χ1v) is 7.93. The summed E-state index contributed by atoms with van der Waals surface area (Å²) in [5.41, 5.74) is 2.60. The Labute approximate surface area is 138 Å². The largest absolute Gasteiger partial charge is 0.486 e. The van der Waals surface area contributed by atoms with E-state index < -0.39 is 5.97 Å². The third kappa shape index (κ3) is 3.40. The van der Waals surface area contributed by atoms with E-state index in [1.54, 1.807) is 6.92 Å². The summed E-state index contributed by atoms with van der Waals surface area (Å²) < 4.78 is 5.88. The molecule has 2 aromatic carbocycles. The lowest BCUT2D eigenvalue weighted by molar-refractivity contribution is 0.0701. The molecule has 0 atom stereocenters. The molecule has 3 rings (SSSR count). The molecule has 0 unspecified atom stereocenters. The Morgan fingerprint density at radius 1 is 1.13 bits per heavy atom. The van der Waals surface area contributed by atoms with E-state index in [4.69, 9.17) is 9.84 Å². The molecule has 0 amide bonds. The van der Waals surface area contributed by atoms with Crippen LogP contribution in [-0.4, -0.2) is 16.1 Å². The third-order valence-electron chi connectivity index (χ3n) is 3.36. The van der Waals surface area contributed by atoms with Gasteiger partial charge in [-0.1, -0.05) is 48.5 Å². The Balaban J connectivity index is 1.82. The van der Waals surface area contributed by atoms with Gasteiger partial charge in [0.05, 0.1) is 5.69 Å². The van der Waals surface area contributed by atoms with E-state index in [0.717, 1.165) is 28.2 Å². The number of thiazole rings is 1. The Kier molecular flexibility index (Phi) is 4.39. The fourth-order valence-corrected chi connectivity index (χ4v) is 3.12. The van der Waals surface area contributed by atoms with Crippen LogP contribution in [0.1, 0.15) is 20.4 Å². The molecule has 5 heteroatoms. The molecule has 0 saturated heterocycles. The zero-order chi connectivity index (χ0) is 16.2. The van der Waals surface area contributed by atoms with Crippen molar-refractivity contribution < 1.29 is 14.6 Å².